The lowest BCUT2D eigenvalue weighted by atomic mass is 9.93. The Labute approximate surface area is 115 Å². The highest BCUT2D eigenvalue weighted by Gasteiger charge is 2.39. The average molecular weight is 266 g/mol. The van der Waals surface area contributed by atoms with Gasteiger partial charge in [-0.05, 0) is 46.2 Å². The number of methoxy groups -OCH3 is 1. The molecule has 108 valence electrons. The molecule has 1 aromatic heterocycles. The van der Waals surface area contributed by atoms with Gasteiger partial charge in [-0.25, -0.2) is 4.68 Å². The van der Waals surface area contributed by atoms with Crippen molar-refractivity contribution in [2.24, 2.45) is 18.7 Å². The van der Waals surface area contributed by atoms with E-state index in [-0.39, 0.29) is 0 Å². The van der Waals surface area contributed by atoms with Gasteiger partial charge in [-0.2, -0.15) is 5.10 Å². The fourth-order valence-corrected chi connectivity index (χ4v) is 3.35. The second-order valence-corrected chi connectivity index (χ2v) is 5.69. The molecule has 2 rings (SSSR count). The molecule has 19 heavy (non-hydrogen) atoms. The van der Waals surface area contributed by atoms with Crippen LogP contribution in [0.4, 0.5) is 0 Å². The van der Waals surface area contributed by atoms with E-state index in [4.69, 9.17) is 10.5 Å². The van der Waals surface area contributed by atoms with E-state index in [9.17, 15) is 0 Å². The normalized spacial score (nSPS) is 24.4. The Morgan fingerprint density at radius 3 is 2.68 bits per heavy atom. The highest BCUT2D eigenvalue weighted by molar-refractivity contribution is 5.35. The van der Waals surface area contributed by atoms with Crippen LogP contribution in [0.3, 0.4) is 0 Å². The lowest BCUT2D eigenvalue weighted by molar-refractivity contribution is 0.180. The first-order valence-electron chi connectivity index (χ1n) is 7.04. The van der Waals surface area contributed by atoms with Crippen LogP contribution in [0, 0.1) is 12.8 Å². The number of nitrogens with zero attached hydrogens (tertiary/aromatic N) is 3. The van der Waals surface area contributed by atoms with Crippen molar-refractivity contribution >= 4 is 0 Å². The first kappa shape index (κ1) is 14.3. The predicted molar refractivity (Wildman–Crippen MR) is 76.2 cm³/mol. The Hall–Kier alpha value is -1.07. The number of aryl methyl sites for hydroxylation is 2. The molecule has 0 bridgehead atoms. The van der Waals surface area contributed by atoms with Crippen molar-refractivity contribution in [1.82, 2.24) is 14.7 Å². The molecule has 2 unspecified atom stereocenters. The summed E-state index contributed by atoms with van der Waals surface area (Å²) < 4.78 is 7.39. The van der Waals surface area contributed by atoms with Crippen LogP contribution >= 0.6 is 0 Å². The summed E-state index contributed by atoms with van der Waals surface area (Å²) in [7, 11) is 3.65. The minimum Gasteiger partial charge on any atom is -0.481 e. The molecule has 2 heterocycles. The number of hydrogen-bond acceptors (Lipinski definition) is 4. The molecule has 1 aliphatic heterocycles. The Bertz CT molecular complexity index is 441. The van der Waals surface area contributed by atoms with E-state index in [0.29, 0.717) is 24.5 Å². The van der Waals surface area contributed by atoms with Crippen LogP contribution in [0.5, 0.6) is 5.88 Å². The highest BCUT2D eigenvalue weighted by atomic mass is 16.5. The smallest absolute Gasteiger partial charge is 0.216 e. The van der Waals surface area contributed by atoms with E-state index in [2.05, 4.69) is 30.8 Å². The average Bonchev–Trinajstić information content (AvgIpc) is 2.88. The molecule has 1 fully saturated rings. The zero-order valence-electron chi connectivity index (χ0n) is 12.7. The molecule has 0 saturated carbocycles. The lowest BCUT2D eigenvalue weighted by Crippen LogP contribution is -2.33. The van der Waals surface area contributed by atoms with Crippen molar-refractivity contribution in [2.45, 2.75) is 39.3 Å². The third-order valence-corrected chi connectivity index (χ3v) is 4.23. The summed E-state index contributed by atoms with van der Waals surface area (Å²) in [6, 6.07) is 0.833. The number of nitrogens with two attached hydrogens (primary N) is 1. The Morgan fingerprint density at radius 1 is 1.47 bits per heavy atom. The molecule has 2 N–H and O–H groups in total. The van der Waals surface area contributed by atoms with Gasteiger partial charge >= 0.3 is 0 Å². The van der Waals surface area contributed by atoms with Crippen LogP contribution in [0.25, 0.3) is 0 Å². The van der Waals surface area contributed by atoms with Gasteiger partial charge in [-0.1, -0.05) is 0 Å². The summed E-state index contributed by atoms with van der Waals surface area (Å²) in [5.74, 6) is 1.35. The fourth-order valence-electron chi connectivity index (χ4n) is 3.35. The SMILES string of the molecule is COc1c(C2C(CN)CCN2C(C)C)c(C)nn1C. The first-order valence-corrected chi connectivity index (χ1v) is 7.04. The van der Waals surface area contributed by atoms with E-state index < -0.39 is 0 Å². The van der Waals surface area contributed by atoms with Crippen LogP contribution in [0.15, 0.2) is 0 Å². The van der Waals surface area contributed by atoms with Gasteiger partial charge in [0.15, 0.2) is 0 Å². The molecule has 0 amide bonds. The van der Waals surface area contributed by atoms with E-state index in [0.717, 1.165) is 24.5 Å². The van der Waals surface area contributed by atoms with Crippen molar-refractivity contribution in [3.8, 4) is 5.88 Å². The number of aromatic nitrogens is 2. The van der Waals surface area contributed by atoms with E-state index in [1.807, 2.05) is 11.7 Å². The second kappa shape index (κ2) is 5.51. The van der Waals surface area contributed by atoms with Crippen molar-refractivity contribution in [2.75, 3.05) is 20.2 Å². The summed E-state index contributed by atoms with van der Waals surface area (Å²) in [4.78, 5) is 2.52. The van der Waals surface area contributed by atoms with Crippen molar-refractivity contribution < 1.29 is 4.74 Å². The molecule has 0 aliphatic carbocycles. The van der Waals surface area contributed by atoms with E-state index >= 15 is 0 Å². The molecular weight excluding hydrogens is 240 g/mol. The summed E-state index contributed by atoms with van der Waals surface area (Å²) >= 11 is 0. The molecule has 0 radical (unpaired) electrons. The van der Waals surface area contributed by atoms with Gasteiger partial charge in [0, 0.05) is 19.1 Å². The standard InChI is InChI=1S/C14H26N4O/c1-9(2)18-7-6-11(8-15)13(18)12-10(3)16-17(4)14(12)19-5/h9,11,13H,6-8,15H2,1-5H3. The maximum atomic E-state index is 5.98. The maximum Gasteiger partial charge on any atom is 0.216 e. The first-order chi connectivity index (χ1) is 9.01. The third-order valence-electron chi connectivity index (χ3n) is 4.23. The van der Waals surface area contributed by atoms with Crippen LogP contribution < -0.4 is 10.5 Å². The molecule has 5 nitrogen and oxygen atoms in total. The lowest BCUT2D eigenvalue weighted by Gasteiger charge is -2.31. The Morgan fingerprint density at radius 2 is 2.16 bits per heavy atom. The van der Waals surface area contributed by atoms with E-state index in [1.165, 1.54) is 5.56 Å². The van der Waals surface area contributed by atoms with Crippen LogP contribution in [-0.4, -0.2) is 40.9 Å². The van der Waals surface area contributed by atoms with Gasteiger partial charge in [0.25, 0.3) is 0 Å². The third kappa shape index (κ3) is 2.37. The van der Waals surface area contributed by atoms with Gasteiger partial charge in [0.1, 0.15) is 0 Å². The van der Waals surface area contributed by atoms with E-state index in [1.54, 1.807) is 7.11 Å². The summed E-state index contributed by atoms with van der Waals surface area (Å²) in [5, 5.41) is 4.51. The molecule has 2 atom stereocenters. The zero-order valence-corrected chi connectivity index (χ0v) is 12.7. The fraction of sp³-hybridized carbons (Fsp3) is 0.786. The van der Waals surface area contributed by atoms with Gasteiger partial charge in [0.2, 0.25) is 5.88 Å². The monoisotopic (exact) mass is 266 g/mol. The summed E-state index contributed by atoms with van der Waals surface area (Å²) in [5.41, 5.74) is 8.24. The molecule has 1 aromatic rings. The molecule has 1 aliphatic rings. The van der Waals surface area contributed by atoms with Crippen molar-refractivity contribution in [3.05, 3.63) is 11.3 Å². The van der Waals surface area contributed by atoms with Gasteiger partial charge in [-0.15, -0.1) is 0 Å². The zero-order chi connectivity index (χ0) is 14.2. The van der Waals surface area contributed by atoms with Crippen LogP contribution in [0.2, 0.25) is 0 Å². The van der Waals surface area contributed by atoms with Crippen LogP contribution in [0.1, 0.15) is 37.6 Å². The molecule has 0 aromatic carbocycles. The molecule has 0 spiro atoms. The number of likely N-dealkylation sites (tertiary alicyclic amines) is 1. The second-order valence-electron chi connectivity index (χ2n) is 5.69. The minimum atomic E-state index is 0.327. The molecular formula is C14H26N4O. The minimum absolute atomic E-state index is 0.327. The van der Waals surface area contributed by atoms with Gasteiger partial charge in [0.05, 0.1) is 18.4 Å². The Balaban J connectivity index is 2.47. The van der Waals surface area contributed by atoms with Crippen molar-refractivity contribution in [1.29, 1.82) is 0 Å². The van der Waals surface area contributed by atoms with Crippen molar-refractivity contribution in [3.63, 3.8) is 0 Å². The topological polar surface area (TPSA) is 56.3 Å². The number of hydrogen-bond donors (Lipinski definition) is 1. The predicted octanol–water partition coefficient (Wildman–Crippen LogP) is 1.47. The van der Waals surface area contributed by atoms with Crippen LogP contribution in [-0.2, 0) is 7.05 Å². The largest absolute Gasteiger partial charge is 0.481 e. The number of rotatable bonds is 4. The molecule has 1 saturated heterocycles. The van der Waals surface area contributed by atoms with Gasteiger partial charge < -0.3 is 10.5 Å². The highest BCUT2D eigenvalue weighted by Crippen LogP contribution is 2.43. The summed E-state index contributed by atoms with van der Waals surface area (Å²) in [6.45, 7) is 8.35. The quantitative estimate of drug-likeness (QED) is 0.896. The Kier molecular flexibility index (Phi) is 4.16. The number of ether oxygens (including phenoxy) is 1. The maximum absolute atomic E-state index is 5.98. The summed E-state index contributed by atoms with van der Waals surface area (Å²) in [6.07, 6.45) is 1.15. The van der Waals surface area contributed by atoms with Gasteiger partial charge in [-0.3, -0.25) is 4.90 Å². The molecule has 5 heteroatoms.